The Kier molecular flexibility index (Phi) is 5.14. The number of amides is 1. The lowest BCUT2D eigenvalue weighted by Gasteiger charge is -2.36. The molecule has 1 aromatic carbocycles. The Hall–Kier alpha value is -2.66. The second-order valence-electron chi connectivity index (χ2n) is 6.42. The van der Waals surface area contributed by atoms with Crippen LogP contribution in [0.25, 0.3) is 0 Å². The summed E-state index contributed by atoms with van der Waals surface area (Å²) in [5.74, 6) is 0.194. The Labute approximate surface area is 146 Å². The first-order valence-corrected chi connectivity index (χ1v) is 8.52. The topological polar surface area (TPSA) is 93.7 Å². The van der Waals surface area contributed by atoms with Gasteiger partial charge in [0.05, 0.1) is 22.7 Å². The number of anilines is 1. The van der Waals surface area contributed by atoms with Crippen LogP contribution in [0, 0.1) is 21.4 Å². The third-order valence-corrected chi connectivity index (χ3v) is 4.84. The van der Waals surface area contributed by atoms with Gasteiger partial charge in [-0.2, -0.15) is 5.26 Å². The number of nitro groups is 1. The van der Waals surface area contributed by atoms with Gasteiger partial charge in [-0.25, -0.2) is 0 Å². The lowest BCUT2D eigenvalue weighted by Crippen LogP contribution is -2.50. The average molecular weight is 343 g/mol. The fourth-order valence-electron chi connectivity index (χ4n) is 3.41. The van der Waals surface area contributed by atoms with Gasteiger partial charge in [-0.1, -0.05) is 0 Å². The maximum absolute atomic E-state index is 12.2. The zero-order valence-electron chi connectivity index (χ0n) is 14.1. The number of hydrogen-bond acceptors (Lipinski definition) is 6. The van der Waals surface area contributed by atoms with E-state index in [9.17, 15) is 20.2 Å². The molecule has 0 unspecified atom stereocenters. The van der Waals surface area contributed by atoms with Crippen molar-refractivity contribution in [3.05, 3.63) is 33.9 Å². The van der Waals surface area contributed by atoms with E-state index in [-0.39, 0.29) is 11.6 Å². The molecule has 8 heteroatoms. The van der Waals surface area contributed by atoms with E-state index in [1.54, 1.807) is 6.07 Å². The SMILES string of the molecule is N#Cc1cc([N+](=O)[O-])ccc1N1CCN(CC(=O)N2CCCC2)CC1. The molecular weight excluding hydrogens is 322 g/mol. The highest BCUT2D eigenvalue weighted by Gasteiger charge is 2.24. The first-order chi connectivity index (χ1) is 12.1. The first-order valence-electron chi connectivity index (χ1n) is 8.52. The summed E-state index contributed by atoms with van der Waals surface area (Å²) >= 11 is 0. The van der Waals surface area contributed by atoms with Crippen molar-refractivity contribution < 1.29 is 9.72 Å². The van der Waals surface area contributed by atoms with Crippen LogP contribution in [0.3, 0.4) is 0 Å². The number of nitro benzene ring substituents is 1. The molecule has 2 fully saturated rings. The molecular formula is C17H21N5O3. The Morgan fingerprint density at radius 1 is 1.16 bits per heavy atom. The van der Waals surface area contributed by atoms with E-state index in [4.69, 9.17) is 0 Å². The number of rotatable bonds is 4. The minimum atomic E-state index is -0.494. The molecule has 2 saturated heterocycles. The molecule has 2 aliphatic heterocycles. The second-order valence-corrected chi connectivity index (χ2v) is 6.42. The molecule has 1 amide bonds. The highest BCUT2D eigenvalue weighted by molar-refractivity contribution is 5.78. The van der Waals surface area contributed by atoms with Crippen LogP contribution in [0.2, 0.25) is 0 Å². The number of piperazine rings is 1. The molecule has 0 spiro atoms. The van der Waals surface area contributed by atoms with E-state index in [0.717, 1.165) is 44.7 Å². The van der Waals surface area contributed by atoms with Crippen molar-refractivity contribution in [1.29, 1.82) is 5.26 Å². The van der Waals surface area contributed by atoms with Crippen LogP contribution in [-0.2, 0) is 4.79 Å². The van der Waals surface area contributed by atoms with Gasteiger partial charge >= 0.3 is 0 Å². The predicted molar refractivity (Wildman–Crippen MR) is 92.3 cm³/mol. The Balaban J connectivity index is 1.59. The largest absolute Gasteiger partial charge is 0.368 e. The van der Waals surface area contributed by atoms with Gasteiger partial charge in [0.25, 0.3) is 5.69 Å². The Bertz CT molecular complexity index is 701. The van der Waals surface area contributed by atoms with E-state index in [1.165, 1.54) is 12.1 Å². The Morgan fingerprint density at radius 2 is 1.84 bits per heavy atom. The summed E-state index contributed by atoms with van der Waals surface area (Å²) in [6, 6.07) is 6.44. The van der Waals surface area contributed by atoms with Crippen molar-refractivity contribution in [3.8, 4) is 6.07 Å². The van der Waals surface area contributed by atoms with Gasteiger partial charge in [-0.05, 0) is 18.9 Å². The normalized spacial score (nSPS) is 18.2. The molecule has 25 heavy (non-hydrogen) atoms. The van der Waals surface area contributed by atoms with Crippen LogP contribution < -0.4 is 4.90 Å². The molecule has 0 saturated carbocycles. The van der Waals surface area contributed by atoms with Crippen LogP contribution in [0.1, 0.15) is 18.4 Å². The lowest BCUT2D eigenvalue weighted by atomic mass is 10.1. The van der Waals surface area contributed by atoms with Gasteiger partial charge in [0.2, 0.25) is 5.91 Å². The molecule has 3 rings (SSSR count). The summed E-state index contributed by atoms with van der Waals surface area (Å²) in [6.07, 6.45) is 2.19. The quantitative estimate of drug-likeness (QED) is 0.602. The van der Waals surface area contributed by atoms with Crippen LogP contribution in [-0.4, -0.2) is 66.4 Å². The first kappa shape index (κ1) is 17.2. The Morgan fingerprint density at radius 3 is 2.44 bits per heavy atom. The molecule has 2 aliphatic rings. The van der Waals surface area contributed by atoms with Gasteiger partial charge in [0.1, 0.15) is 6.07 Å². The number of carbonyl (C=O) groups is 1. The van der Waals surface area contributed by atoms with E-state index in [1.807, 2.05) is 11.0 Å². The number of nitriles is 1. The van der Waals surface area contributed by atoms with Crippen molar-refractivity contribution in [2.75, 3.05) is 50.7 Å². The zero-order chi connectivity index (χ0) is 17.8. The third-order valence-electron chi connectivity index (χ3n) is 4.84. The van der Waals surface area contributed by atoms with Gasteiger partial charge in [0.15, 0.2) is 0 Å². The maximum Gasteiger partial charge on any atom is 0.270 e. The van der Waals surface area contributed by atoms with Gasteiger partial charge < -0.3 is 9.80 Å². The highest BCUT2D eigenvalue weighted by atomic mass is 16.6. The molecule has 0 N–H and O–H groups in total. The van der Waals surface area contributed by atoms with Crippen LogP contribution in [0.15, 0.2) is 18.2 Å². The van der Waals surface area contributed by atoms with Crippen molar-refractivity contribution >= 4 is 17.3 Å². The van der Waals surface area contributed by atoms with E-state index < -0.39 is 4.92 Å². The average Bonchev–Trinajstić information content (AvgIpc) is 3.16. The summed E-state index contributed by atoms with van der Waals surface area (Å²) in [5, 5.41) is 20.1. The molecule has 8 nitrogen and oxygen atoms in total. The third kappa shape index (κ3) is 3.88. The molecule has 0 radical (unpaired) electrons. The summed E-state index contributed by atoms with van der Waals surface area (Å²) in [4.78, 5) is 28.7. The minimum absolute atomic E-state index is 0.0739. The predicted octanol–water partition coefficient (Wildman–Crippen LogP) is 1.21. The molecule has 0 aliphatic carbocycles. The lowest BCUT2D eigenvalue weighted by molar-refractivity contribution is -0.384. The van der Waals surface area contributed by atoms with Crippen LogP contribution in [0.5, 0.6) is 0 Å². The second kappa shape index (κ2) is 7.49. The molecule has 0 bridgehead atoms. The fraction of sp³-hybridized carbons (Fsp3) is 0.529. The minimum Gasteiger partial charge on any atom is -0.368 e. The van der Waals surface area contributed by atoms with Gasteiger partial charge in [-0.3, -0.25) is 19.8 Å². The number of nitrogens with zero attached hydrogens (tertiary/aromatic N) is 5. The maximum atomic E-state index is 12.2. The van der Waals surface area contributed by atoms with Gasteiger partial charge in [-0.15, -0.1) is 0 Å². The summed E-state index contributed by atoms with van der Waals surface area (Å²) in [6.45, 7) is 5.04. The van der Waals surface area contributed by atoms with Crippen LogP contribution in [0.4, 0.5) is 11.4 Å². The summed E-state index contributed by atoms with van der Waals surface area (Å²) in [7, 11) is 0. The molecule has 1 aromatic rings. The smallest absolute Gasteiger partial charge is 0.270 e. The molecule has 0 atom stereocenters. The van der Waals surface area contributed by atoms with Crippen molar-refractivity contribution in [2.45, 2.75) is 12.8 Å². The standard InChI is InChI=1S/C17H21N5O3/c18-12-14-11-15(22(24)25)3-4-16(14)20-9-7-19(8-10-20)13-17(23)21-5-1-2-6-21/h3-4,11H,1-2,5-10,13H2. The molecule has 2 heterocycles. The molecule has 0 aromatic heterocycles. The summed E-state index contributed by atoms with van der Waals surface area (Å²) in [5.41, 5.74) is 0.963. The number of benzene rings is 1. The van der Waals surface area contributed by atoms with Crippen molar-refractivity contribution in [2.24, 2.45) is 0 Å². The van der Waals surface area contributed by atoms with E-state index >= 15 is 0 Å². The van der Waals surface area contributed by atoms with Gasteiger partial charge in [0, 0.05) is 51.4 Å². The summed E-state index contributed by atoms with van der Waals surface area (Å²) < 4.78 is 0. The van der Waals surface area contributed by atoms with Crippen molar-refractivity contribution in [1.82, 2.24) is 9.80 Å². The van der Waals surface area contributed by atoms with Crippen molar-refractivity contribution in [3.63, 3.8) is 0 Å². The highest BCUT2D eigenvalue weighted by Crippen LogP contribution is 2.26. The number of hydrogen-bond donors (Lipinski definition) is 0. The van der Waals surface area contributed by atoms with E-state index in [0.29, 0.717) is 25.2 Å². The fourth-order valence-corrected chi connectivity index (χ4v) is 3.41. The number of carbonyl (C=O) groups excluding carboxylic acids is 1. The van der Waals surface area contributed by atoms with Crippen LogP contribution >= 0.6 is 0 Å². The molecule has 132 valence electrons. The van der Waals surface area contributed by atoms with E-state index in [2.05, 4.69) is 9.80 Å². The zero-order valence-corrected chi connectivity index (χ0v) is 14.1. The number of non-ortho nitro benzene ring substituents is 1. The monoisotopic (exact) mass is 343 g/mol. The number of likely N-dealkylation sites (tertiary alicyclic amines) is 1.